The first-order chi connectivity index (χ1) is 15.8. The van der Waals surface area contributed by atoms with E-state index in [9.17, 15) is 13.2 Å². The molecule has 0 radical (unpaired) electrons. The van der Waals surface area contributed by atoms with E-state index in [2.05, 4.69) is 35.7 Å². The van der Waals surface area contributed by atoms with Gasteiger partial charge < -0.3 is 14.6 Å². The van der Waals surface area contributed by atoms with Crippen LogP contribution in [0.15, 0.2) is 82.3 Å². The van der Waals surface area contributed by atoms with Gasteiger partial charge in [-0.2, -0.15) is 0 Å². The molecule has 2 aromatic carbocycles. The third-order valence-corrected chi connectivity index (χ3v) is 6.48. The van der Waals surface area contributed by atoms with E-state index < -0.39 is 10.0 Å². The molecule has 2 N–H and O–H groups in total. The maximum atomic E-state index is 12.4. The summed E-state index contributed by atoms with van der Waals surface area (Å²) in [6.07, 6.45) is 4.54. The molecule has 7 nitrogen and oxygen atoms in total. The van der Waals surface area contributed by atoms with E-state index in [0.29, 0.717) is 23.1 Å². The van der Waals surface area contributed by atoms with Crippen molar-refractivity contribution in [2.24, 2.45) is 0 Å². The zero-order chi connectivity index (χ0) is 23.8. The molecule has 0 saturated heterocycles. The number of rotatable bonds is 10. The molecule has 1 aromatic heterocycles. The van der Waals surface area contributed by atoms with Crippen LogP contribution in [0.25, 0.3) is 6.08 Å². The fourth-order valence-electron chi connectivity index (χ4n) is 3.36. The minimum atomic E-state index is -3.66. The Labute approximate surface area is 195 Å². The standard InChI is InChI=1S/C25H29N3O4S/c1-4-28(19(2)3)22-12-10-21(11-13-22)27-25(29)16-9-20-7-14-24(15-8-20)33(30,31)26-18-23-6-5-17-32-23/h5-17,19,26H,4,18H2,1-3H3,(H,27,29)/b16-9+. The van der Waals surface area contributed by atoms with Crippen LogP contribution < -0.4 is 14.9 Å². The third-order valence-electron chi connectivity index (χ3n) is 5.06. The maximum absolute atomic E-state index is 12.4. The second kappa shape index (κ2) is 11.0. The summed E-state index contributed by atoms with van der Waals surface area (Å²) in [4.78, 5) is 14.7. The normalized spacial score (nSPS) is 11.8. The largest absolute Gasteiger partial charge is 0.468 e. The number of carbonyl (C=O) groups excluding carboxylic acids is 1. The summed E-state index contributed by atoms with van der Waals surface area (Å²) in [7, 11) is -3.66. The molecule has 33 heavy (non-hydrogen) atoms. The second-order valence-electron chi connectivity index (χ2n) is 7.72. The molecule has 0 unspecified atom stereocenters. The number of sulfonamides is 1. The van der Waals surface area contributed by atoms with Crippen LogP contribution in [-0.2, 0) is 21.4 Å². The van der Waals surface area contributed by atoms with Gasteiger partial charge in [0, 0.05) is 30.0 Å². The molecule has 0 aliphatic carbocycles. The van der Waals surface area contributed by atoms with Crippen LogP contribution in [0.2, 0.25) is 0 Å². The lowest BCUT2D eigenvalue weighted by Crippen LogP contribution is -2.30. The predicted molar refractivity (Wildman–Crippen MR) is 131 cm³/mol. The van der Waals surface area contributed by atoms with Crippen LogP contribution in [0.5, 0.6) is 0 Å². The first-order valence-electron chi connectivity index (χ1n) is 10.8. The number of nitrogens with zero attached hydrogens (tertiary/aromatic N) is 1. The summed E-state index contributed by atoms with van der Waals surface area (Å²) < 4.78 is 32.4. The van der Waals surface area contributed by atoms with Crippen molar-refractivity contribution in [1.82, 2.24) is 4.72 Å². The number of anilines is 2. The molecule has 174 valence electrons. The number of benzene rings is 2. The van der Waals surface area contributed by atoms with E-state index in [4.69, 9.17) is 4.42 Å². The number of hydrogen-bond acceptors (Lipinski definition) is 5. The van der Waals surface area contributed by atoms with Crippen LogP contribution in [0, 0.1) is 0 Å². The highest BCUT2D eigenvalue weighted by molar-refractivity contribution is 7.89. The van der Waals surface area contributed by atoms with Gasteiger partial charge in [-0.05, 0) is 80.9 Å². The molecule has 0 bridgehead atoms. The monoisotopic (exact) mass is 467 g/mol. The van der Waals surface area contributed by atoms with Gasteiger partial charge in [-0.3, -0.25) is 4.79 Å². The van der Waals surface area contributed by atoms with Gasteiger partial charge in [0.15, 0.2) is 0 Å². The Morgan fingerprint density at radius 3 is 2.33 bits per heavy atom. The predicted octanol–water partition coefficient (Wildman–Crippen LogP) is 4.64. The molecule has 0 aliphatic heterocycles. The Kier molecular flexibility index (Phi) is 8.08. The van der Waals surface area contributed by atoms with Crippen molar-refractivity contribution in [2.75, 3.05) is 16.8 Å². The Hall–Kier alpha value is -3.36. The fraction of sp³-hybridized carbons (Fsp3) is 0.240. The molecule has 0 aliphatic rings. The lowest BCUT2D eigenvalue weighted by atomic mass is 10.2. The molecule has 8 heteroatoms. The number of hydrogen-bond donors (Lipinski definition) is 2. The van der Waals surface area contributed by atoms with Crippen LogP contribution in [0.1, 0.15) is 32.1 Å². The highest BCUT2D eigenvalue weighted by Crippen LogP contribution is 2.20. The van der Waals surface area contributed by atoms with Gasteiger partial charge in [0.05, 0.1) is 17.7 Å². The number of furan rings is 1. The SMILES string of the molecule is CCN(c1ccc(NC(=O)/C=C/c2ccc(S(=O)(=O)NCc3ccco3)cc2)cc1)C(C)C. The zero-order valence-corrected chi connectivity index (χ0v) is 19.8. The number of carbonyl (C=O) groups is 1. The molecule has 0 saturated carbocycles. The topological polar surface area (TPSA) is 91.7 Å². The molecule has 3 aromatic rings. The second-order valence-corrected chi connectivity index (χ2v) is 9.49. The van der Waals surface area contributed by atoms with Gasteiger partial charge >= 0.3 is 0 Å². The minimum Gasteiger partial charge on any atom is -0.468 e. The van der Waals surface area contributed by atoms with Gasteiger partial charge in [-0.25, -0.2) is 13.1 Å². The van der Waals surface area contributed by atoms with Gasteiger partial charge in [-0.1, -0.05) is 12.1 Å². The molecule has 0 fully saturated rings. The highest BCUT2D eigenvalue weighted by Gasteiger charge is 2.14. The first-order valence-corrected chi connectivity index (χ1v) is 12.2. The molecule has 0 spiro atoms. The quantitative estimate of drug-likeness (QED) is 0.424. The smallest absolute Gasteiger partial charge is 0.248 e. The average molecular weight is 468 g/mol. The van der Waals surface area contributed by atoms with Crippen molar-refractivity contribution in [3.8, 4) is 0 Å². The van der Waals surface area contributed by atoms with E-state index >= 15 is 0 Å². The van der Waals surface area contributed by atoms with E-state index in [1.807, 2.05) is 24.3 Å². The van der Waals surface area contributed by atoms with Crippen molar-refractivity contribution < 1.29 is 17.6 Å². The van der Waals surface area contributed by atoms with Crippen LogP contribution in [-0.4, -0.2) is 26.9 Å². The van der Waals surface area contributed by atoms with Gasteiger partial charge in [0.2, 0.25) is 15.9 Å². The van der Waals surface area contributed by atoms with E-state index in [-0.39, 0.29) is 17.3 Å². The summed E-state index contributed by atoms with van der Waals surface area (Å²) in [6, 6.07) is 17.8. The number of nitrogens with one attached hydrogen (secondary N) is 2. The molecular weight excluding hydrogens is 438 g/mol. The minimum absolute atomic E-state index is 0.0755. The Balaban J connectivity index is 1.56. The average Bonchev–Trinajstić information content (AvgIpc) is 3.32. The van der Waals surface area contributed by atoms with Gasteiger partial charge in [-0.15, -0.1) is 0 Å². The molecule has 3 rings (SSSR count). The molecular formula is C25H29N3O4S. The lowest BCUT2D eigenvalue weighted by Gasteiger charge is -2.27. The van der Waals surface area contributed by atoms with E-state index in [1.165, 1.54) is 24.5 Å². The van der Waals surface area contributed by atoms with E-state index in [1.54, 1.807) is 30.3 Å². The summed E-state index contributed by atoms with van der Waals surface area (Å²) in [5.41, 5.74) is 2.52. The van der Waals surface area contributed by atoms with Gasteiger partial charge in [0.25, 0.3) is 0 Å². The summed E-state index contributed by atoms with van der Waals surface area (Å²) in [5, 5.41) is 2.83. The van der Waals surface area contributed by atoms with E-state index in [0.717, 1.165) is 12.2 Å². The summed E-state index contributed by atoms with van der Waals surface area (Å²) in [5.74, 6) is 0.261. The van der Waals surface area contributed by atoms with Crippen molar-refractivity contribution in [3.63, 3.8) is 0 Å². The Morgan fingerprint density at radius 2 is 1.76 bits per heavy atom. The van der Waals surface area contributed by atoms with Crippen LogP contribution in [0.3, 0.4) is 0 Å². The van der Waals surface area contributed by atoms with Crippen molar-refractivity contribution in [3.05, 3.63) is 84.3 Å². The lowest BCUT2D eigenvalue weighted by molar-refractivity contribution is -0.111. The van der Waals surface area contributed by atoms with Crippen LogP contribution in [0.4, 0.5) is 11.4 Å². The summed E-state index contributed by atoms with van der Waals surface area (Å²) >= 11 is 0. The number of amides is 1. The van der Waals surface area contributed by atoms with Crippen molar-refractivity contribution in [2.45, 2.75) is 38.3 Å². The molecule has 1 amide bonds. The highest BCUT2D eigenvalue weighted by atomic mass is 32.2. The Morgan fingerprint density at radius 1 is 1.06 bits per heavy atom. The van der Waals surface area contributed by atoms with Crippen molar-refractivity contribution >= 4 is 33.4 Å². The first kappa shape index (κ1) is 24.3. The summed E-state index contributed by atoms with van der Waals surface area (Å²) in [6.45, 7) is 7.38. The zero-order valence-electron chi connectivity index (χ0n) is 19.0. The fourth-order valence-corrected chi connectivity index (χ4v) is 4.35. The van der Waals surface area contributed by atoms with Crippen molar-refractivity contribution in [1.29, 1.82) is 0 Å². The maximum Gasteiger partial charge on any atom is 0.248 e. The van der Waals surface area contributed by atoms with Gasteiger partial charge in [0.1, 0.15) is 5.76 Å². The van der Waals surface area contributed by atoms with Crippen LogP contribution >= 0.6 is 0 Å². The molecule has 1 heterocycles. The molecule has 0 atom stereocenters. The third kappa shape index (κ3) is 6.81. The Bertz CT molecular complexity index is 1170.